The molecule has 25 heavy (non-hydrogen) atoms. The van der Waals surface area contributed by atoms with Crippen molar-refractivity contribution in [2.75, 3.05) is 13.6 Å². The number of fused-ring (bicyclic) bond motifs is 1. The Kier molecular flexibility index (Phi) is 5.46. The Morgan fingerprint density at radius 2 is 1.68 bits per heavy atom. The van der Waals surface area contributed by atoms with Gasteiger partial charge in [-0.2, -0.15) is 0 Å². The first-order valence-electron chi connectivity index (χ1n) is 8.72. The van der Waals surface area contributed by atoms with Gasteiger partial charge in [-0.1, -0.05) is 60.7 Å². The minimum Gasteiger partial charge on any atom is -0.347 e. The van der Waals surface area contributed by atoms with Gasteiger partial charge in [-0.25, -0.2) is 0 Å². The number of nitrogens with one attached hydrogen (secondary N) is 2. The van der Waals surface area contributed by atoms with E-state index < -0.39 is 0 Å². The molecule has 0 fully saturated rings. The summed E-state index contributed by atoms with van der Waals surface area (Å²) in [7, 11) is 2.06. The molecular formula is C22H25N2O+. The molecule has 3 heteroatoms. The Bertz CT molecular complexity index is 873. The SMILES string of the molecule is Cc1ccccc1CNC(=O)C[NH+](C)Cc1ccc2ccccc2c1. The van der Waals surface area contributed by atoms with E-state index in [9.17, 15) is 4.79 Å². The lowest BCUT2D eigenvalue weighted by molar-refractivity contribution is -0.885. The molecule has 0 saturated heterocycles. The smallest absolute Gasteiger partial charge is 0.275 e. The van der Waals surface area contributed by atoms with E-state index in [0.717, 1.165) is 6.54 Å². The molecule has 0 radical (unpaired) electrons. The van der Waals surface area contributed by atoms with Crippen molar-refractivity contribution in [3.05, 3.63) is 83.4 Å². The lowest BCUT2D eigenvalue weighted by Gasteiger charge is -2.15. The molecule has 3 rings (SSSR count). The van der Waals surface area contributed by atoms with E-state index in [1.165, 1.54) is 32.4 Å². The number of rotatable bonds is 6. The van der Waals surface area contributed by atoms with E-state index in [0.29, 0.717) is 13.1 Å². The fraction of sp³-hybridized carbons (Fsp3) is 0.227. The van der Waals surface area contributed by atoms with Crippen LogP contribution in [-0.2, 0) is 17.9 Å². The molecule has 0 aromatic heterocycles. The molecular weight excluding hydrogens is 308 g/mol. The van der Waals surface area contributed by atoms with E-state index >= 15 is 0 Å². The third-order valence-corrected chi connectivity index (χ3v) is 4.52. The van der Waals surface area contributed by atoms with Gasteiger partial charge in [0.1, 0.15) is 6.54 Å². The Morgan fingerprint density at radius 3 is 2.48 bits per heavy atom. The number of hydrogen-bond acceptors (Lipinski definition) is 1. The van der Waals surface area contributed by atoms with Crippen molar-refractivity contribution in [3.63, 3.8) is 0 Å². The second-order valence-corrected chi connectivity index (χ2v) is 6.70. The summed E-state index contributed by atoms with van der Waals surface area (Å²) in [4.78, 5) is 13.4. The molecule has 128 valence electrons. The highest BCUT2D eigenvalue weighted by Crippen LogP contribution is 2.14. The van der Waals surface area contributed by atoms with Crippen molar-refractivity contribution in [1.29, 1.82) is 0 Å². The fourth-order valence-electron chi connectivity index (χ4n) is 3.10. The van der Waals surface area contributed by atoms with Crippen LogP contribution in [0.5, 0.6) is 0 Å². The van der Waals surface area contributed by atoms with Gasteiger partial charge < -0.3 is 10.2 Å². The molecule has 0 aliphatic carbocycles. The third-order valence-electron chi connectivity index (χ3n) is 4.52. The molecule has 1 atom stereocenters. The van der Waals surface area contributed by atoms with Crippen LogP contribution in [0.2, 0.25) is 0 Å². The normalized spacial score (nSPS) is 12.1. The van der Waals surface area contributed by atoms with E-state index in [4.69, 9.17) is 0 Å². The van der Waals surface area contributed by atoms with Gasteiger partial charge in [0.25, 0.3) is 5.91 Å². The summed E-state index contributed by atoms with van der Waals surface area (Å²) in [5.74, 6) is 0.0848. The van der Waals surface area contributed by atoms with Crippen LogP contribution in [0.1, 0.15) is 16.7 Å². The predicted octanol–water partition coefficient (Wildman–Crippen LogP) is 2.48. The van der Waals surface area contributed by atoms with Gasteiger partial charge in [0.2, 0.25) is 0 Å². The summed E-state index contributed by atoms with van der Waals surface area (Å²) in [6.07, 6.45) is 0. The highest BCUT2D eigenvalue weighted by Gasteiger charge is 2.11. The molecule has 0 aliphatic heterocycles. The lowest BCUT2D eigenvalue weighted by atomic mass is 10.1. The topological polar surface area (TPSA) is 33.5 Å². The molecule has 0 bridgehead atoms. The first-order chi connectivity index (χ1) is 12.1. The third kappa shape index (κ3) is 4.68. The Balaban J connectivity index is 1.53. The van der Waals surface area contributed by atoms with Crippen LogP contribution in [0.3, 0.4) is 0 Å². The average molecular weight is 333 g/mol. The first kappa shape index (κ1) is 17.2. The average Bonchev–Trinajstić information content (AvgIpc) is 2.61. The van der Waals surface area contributed by atoms with E-state index in [1.54, 1.807) is 0 Å². The van der Waals surface area contributed by atoms with E-state index in [1.807, 2.05) is 12.1 Å². The first-order valence-corrected chi connectivity index (χ1v) is 8.72. The largest absolute Gasteiger partial charge is 0.347 e. The summed E-state index contributed by atoms with van der Waals surface area (Å²) in [5, 5.41) is 5.52. The minimum atomic E-state index is 0.0848. The predicted molar refractivity (Wildman–Crippen MR) is 102 cm³/mol. The van der Waals surface area contributed by atoms with Crippen LogP contribution in [0.15, 0.2) is 66.7 Å². The summed E-state index contributed by atoms with van der Waals surface area (Å²) >= 11 is 0. The quantitative estimate of drug-likeness (QED) is 0.714. The van der Waals surface area contributed by atoms with Crippen molar-refractivity contribution in [2.45, 2.75) is 20.0 Å². The van der Waals surface area contributed by atoms with Gasteiger partial charge in [0, 0.05) is 12.1 Å². The van der Waals surface area contributed by atoms with Crippen molar-refractivity contribution in [3.8, 4) is 0 Å². The minimum absolute atomic E-state index is 0.0848. The van der Waals surface area contributed by atoms with Gasteiger partial charge >= 0.3 is 0 Å². The summed E-state index contributed by atoms with van der Waals surface area (Å²) in [6.45, 7) is 3.97. The number of likely N-dealkylation sites (N-methyl/N-ethyl adjacent to an activating group) is 1. The van der Waals surface area contributed by atoms with Crippen molar-refractivity contribution < 1.29 is 9.69 Å². The Morgan fingerprint density at radius 1 is 0.960 bits per heavy atom. The zero-order valence-electron chi connectivity index (χ0n) is 14.9. The van der Waals surface area contributed by atoms with Crippen LogP contribution in [0.4, 0.5) is 0 Å². The zero-order valence-corrected chi connectivity index (χ0v) is 14.9. The number of quaternary nitrogens is 1. The molecule has 2 N–H and O–H groups in total. The maximum atomic E-state index is 12.2. The van der Waals surface area contributed by atoms with Gasteiger partial charge in [0.15, 0.2) is 6.54 Å². The van der Waals surface area contributed by atoms with Gasteiger partial charge in [0.05, 0.1) is 7.05 Å². The standard InChI is InChI=1S/C22H24N2O/c1-17-7-3-4-10-21(17)14-23-22(25)16-24(2)15-18-11-12-19-8-5-6-9-20(19)13-18/h3-13H,14-16H2,1-2H3,(H,23,25)/p+1. The van der Waals surface area contributed by atoms with Crippen LogP contribution in [0.25, 0.3) is 10.8 Å². The van der Waals surface area contributed by atoms with Gasteiger partial charge in [-0.15, -0.1) is 0 Å². The van der Waals surface area contributed by atoms with E-state index in [2.05, 4.69) is 73.9 Å². The van der Waals surface area contributed by atoms with Crippen molar-refractivity contribution in [2.24, 2.45) is 0 Å². The Labute approximate surface area is 149 Å². The molecule has 0 saturated carbocycles. The van der Waals surface area contributed by atoms with E-state index in [-0.39, 0.29) is 5.91 Å². The van der Waals surface area contributed by atoms with Crippen LogP contribution in [0, 0.1) is 6.92 Å². The summed E-state index contributed by atoms with van der Waals surface area (Å²) in [6, 6.07) is 23.0. The molecule has 3 aromatic rings. The van der Waals surface area contributed by atoms with Crippen molar-refractivity contribution in [1.82, 2.24) is 5.32 Å². The number of amides is 1. The summed E-state index contributed by atoms with van der Waals surface area (Å²) < 4.78 is 0. The number of carbonyl (C=O) groups excluding carboxylic acids is 1. The molecule has 1 unspecified atom stereocenters. The Hall–Kier alpha value is -2.65. The maximum absolute atomic E-state index is 12.2. The zero-order chi connectivity index (χ0) is 17.6. The van der Waals surface area contributed by atoms with Crippen LogP contribution < -0.4 is 10.2 Å². The molecule has 3 aromatic carbocycles. The highest BCUT2D eigenvalue weighted by molar-refractivity contribution is 5.83. The molecule has 3 nitrogen and oxygen atoms in total. The number of benzene rings is 3. The highest BCUT2D eigenvalue weighted by atomic mass is 16.2. The molecule has 0 spiro atoms. The second-order valence-electron chi connectivity index (χ2n) is 6.70. The van der Waals surface area contributed by atoms with Crippen molar-refractivity contribution >= 4 is 16.7 Å². The fourth-order valence-corrected chi connectivity index (χ4v) is 3.10. The monoisotopic (exact) mass is 333 g/mol. The molecule has 1 amide bonds. The second kappa shape index (κ2) is 7.95. The maximum Gasteiger partial charge on any atom is 0.275 e. The number of carbonyl (C=O) groups is 1. The summed E-state index contributed by atoms with van der Waals surface area (Å²) in [5.41, 5.74) is 3.63. The number of hydrogen-bond donors (Lipinski definition) is 2. The lowest BCUT2D eigenvalue weighted by Crippen LogP contribution is -3.08. The molecule has 0 heterocycles. The van der Waals surface area contributed by atoms with Gasteiger partial charge in [-0.05, 0) is 34.9 Å². The van der Waals surface area contributed by atoms with Crippen LogP contribution >= 0.6 is 0 Å². The number of aryl methyl sites for hydroxylation is 1. The molecule has 0 aliphatic rings. The van der Waals surface area contributed by atoms with Crippen LogP contribution in [-0.4, -0.2) is 19.5 Å². The van der Waals surface area contributed by atoms with Gasteiger partial charge in [-0.3, -0.25) is 4.79 Å².